The van der Waals surface area contributed by atoms with Gasteiger partial charge in [0.25, 0.3) is 0 Å². The van der Waals surface area contributed by atoms with Gasteiger partial charge in [0.05, 0.1) is 6.54 Å². The predicted octanol–water partition coefficient (Wildman–Crippen LogP) is 3.79. The fraction of sp³-hybridized carbons (Fsp3) is 0.353. The number of aromatic nitrogens is 1. The highest BCUT2D eigenvalue weighted by atomic mass is 127. The van der Waals surface area contributed by atoms with Crippen LogP contribution in [-0.4, -0.2) is 36.1 Å². The lowest BCUT2D eigenvalue weighted by Crippen LogP contribution is -2.39. The number of aryl methyl sites for hydroxylation is 1. The Kier molecular flexibility index (Phi) is 8.75. The number of nitrogens with one attached hydrogen (secondary N) is 1. The molecule has 0 aliphatic heterocycles. The molecule has 0 saturated carbocycles. The molecule has 1 heterocycles. The van der Waals surface area contributed by atoms with Gasteiger partial charge in [-0.25, -0.2) is 4.39 Å². The molecule has 0 atom stereocenters. The van der Waals surface area contributed by atoms with E-state index in [9.17, 15) is 4.39 Å². The fourth-order valence-corrected chi connectivity index (χ4v) is 3.01. The molecule has 0 amide bonds. The minimum atomic E-state index is -0.161. The standard InChI is InChI=1S/C17H22BrFN4.HI/c1-20-17(21-9-8-13-6-4-5-7-16(13)19)23(3)12-15-10-14(18)11-22(15)2;/h4-7,10-11H,8-9,12H2,1-3H3,(H,20,21);1H. The van der Waals surface area contributed by atoms with Crippen molar-refractivity contribution >= 4 is 45.9 Å². The molecule has 2 rings (SSSR count). The lowest BCUT2D eigenvalue weighted by Gasteiger charge is -2.22. The van der Waals surface area contributed by atoms with Crippen LogP contribution in [0.5, 0.6) is 0 Å². The average Bonchev–Trinajstić information content (AvgIpc) is 2.83. The van der Waals surface area contributed by atoms with Crippen molar-refractivity contribution in [2.45, 2.75) is 13.0 Å². The molecule has 0 bridgehead atoms. The minimum absolute atomic E-state index is 0. The zero-order valence-corrected chi connectivity index (χ0v) is 18.0. The van der Waals surface area contributed by atoms with Crippen molar-refractivity contribution in [3.8, 4) is 0 Å². The first-order valence-electron chi connectivity index (χ1n) is 7.47. The second-order valence-corrected chi connectivity index (χ2v) is 6.35. The van der Waals surface area contributed by atoms with Gasteiger partial charge in [-0.05, 0) is 40.0 Å². The predicted molar refractivity (Wildman–Crippen MR) is 111 cm³/mol. The van der Waals surface area contributed by atoms with Crippen molar-refractivity contribution in [3.05, 3.63) is 58.1 Å². The highest BCUT2D eigenvalue weighted by Gasteiger charge is 2.10. The summed E-state index contributed by atoms with van der Waals surface area (Å²) in [6, 6.07) is 8.95. The Labute approximate surface area is 168 Å². The lowest BCUT2D eigenvalue weighted by atomic mass is 10.1. The Morgan fingerprint density at radius 3 is 2.67 bits per heavy atom. The number of nitrogens with zero attached hydrogens (tertiary/aromatic N) is 3. The molecule has 7 heteroatoms. The summed E-state index contributed by atoms with van der Waals surface area (Å²) in [6.45, 7) is 1.37. The molecular weight excluding hydrogens is 486 g/mol. The molecule has 0 spiro atoms. The third-order valence-corrected chi connectivity index (χ3v) is 4.12. The molecule has 132 valence electrons. The van der Waals surface area contributed by atoms with Crippen LogP contribution in [0, 0.1) is 5.82 Å². The first kappa shape index (κ1) is 21.0. The van der Waals surface area contributed by atoms with Gasteiger partial charge in [0.2, 0.25) is 0 Å². The molecule has 0 radical (unpaired) electrons. The average molecular weight is 509 g/mol. The fourth-order valence-electron chi connectivity index (χ4n) is 2.44. The summed E-state index contributed by atoms with van der Waals surface area (Å²) in [6.07, 6.45) is 2.65. The Morgan fingerprint density at radius 1 is 1.38 bits per heavy atom. The van der Waals surface area contributed by atoms with Crippen molar-refractivity contribution in [1.82, 2.24) is 14.8 Å². The van der Waals surface area contributed by atoms with Crippen molar-refractivity contribution in [1.29, 1.82) is 0 Å². The van der Waals surface area contributed by atoms with Crippen molar-refractivity contribution in [2.24, 2.45) is 12.0 Å². The van der Waals surface area contributed by atoms with Crippen LogP contribution in [0.1, 0.15) is 11.3 Å². The Hall–Kier alpha value is -1.09. The van der Waals surface area contributed by atoms with E-state index in [2.05, 4.69) is 36.9 Å². The number of benzene rings is 1. The zero-order chi connectivity index (χ0) is 16.8. The third-order valence-electron chi connectivity index (χ3n) is 3.68. The largest absolute Gasteiger partial charge is 0.356 e. The van der Waals surface area contributed by atoms with E-state index in [1.54, 1.807) is 13.1 Å². The van der Waals surface area contributed by atoms with Crippen LogP contribution < -0.4 is 5.32 Å². The summed E-state index contributed by atoms with van der Waals surface area (Å²) in [7, 11) is 5.75. The van der Waals surface area contributed by atoms with Crippen LogP contribution in [0.3, 0.4) is 0 Å². The third kappa shape index (κ3) is 5.77. The van der Waals surface area contributed by atoms with E-state index in [0.717, 1.165) is 17.0 Å². The summed E-state index contributed by atoms with van der Waals surface area (Å²) in [5.74, 6) is 0.630. The van der Waals surface area contributed by atoms with Crippen LogP contribution in [0.15, 0.2) is 46.0 Å². The monoisotopic (exact) mass is 508 g/mol. The number of aliphatic imine (C=N–C) groups is 1. The molecule has 4 nitrogen and oxygen atoms in total. The number of hydrogen-bond acceptors (Lipinski definition) is 1. The van der Waals surface area contributed by atoms with E-state index >= 15 is 0 Å². The van der Waals surface area contributed by atoms with Gasteiger partial charge in [0.1, 0.15) is 5.82 Å². The lowest BCUT2D eigenvalue weighted by molar-refractivity contribution is 0.462. The molecule has 0 saturated heterocycles. The molecule has 0 unspecified atom stereocenters. The van der Waals surface area contributed by atoms with Crippen LogP contribution in [0.25, 0.3) is 0 Å². The SMILES string of the molecule is CN=C(NCCc1ccccc1F)N(C)Cc1cc(Br)cn1C.I. The zero-order valence-electron chi connectivity index (χ0n) is 14.1. The van der Waals surface area contributed by atoms with E-state index in [4.69, 9.17) is 0 Å². The van der Waals surface area contributed by atoms with Crippen molar-refractivity contribution in [2.75, 3.05) is 20.6 Å². The molecule has 1 aromatic carbocycles. The maximum absolute atomic E-state index is 13.6. The van der Waals surface area contributed by atoms with Gasteiger partial charge in [0, 0.05) is 44.1 Å². The maximum Gasteiger partial charge on any atom is 0.193 e. The van der Waals surface area contributed by atoms with Gasteiger partial charge in [-0.3, -0.25) is 4.99 Å². The van der Waals surface area contributed by atoms with Crippen LogP contribution in [-0.2, 0) is 20.0 Å². The van der Waals surface area contributed by atoms with Crippen LogP contribution in [0.4, 0.5) is 4.39 Å². The minimum Gasteiger partial charge on any atom is -0.356 e. The molecule has 0 fully saturated rings. The summed E-state index contributed by atoms with van der Waals surface area (Å²) in [5, 5.41) is 3.28. The van der Waals surface area contributed by atoms with Crippen molar-refractivity contribution < 1.29 is 4.39 Å². The van der Waals surface area contributed by atoms with Crippen LogP contribution >= 0.6 is 39.9 Å². The number of rotatable bonds is 5. The van der Waals surface area contributed by atoms with Crippen LogP contribution in [0.2, 0.25) is 0 Å². The summed E-state index contributed by atoms with van der Waals surface area (Å²) < 4.78 is 16.8. The second kappa shape index (κ2) is 10.0. The molecule has 0 aliphatic carbocycles. The number of hydrogen-bond donors (Lipinski definition) is 1. The molecule has 1 aromatic heterocycles. The Balaban J connectivity index is 0.00000288. The van der Waals surface area contributed by atoms with Crippen molar-refractivity contribution in [3.63, 3.8) is 0 Å². The molecule has 2 aromatic rings. The highest BCUT2D eigenvalue weighted by molar-refractivity contribution is 14.0. The molecule has 0 aliphatic rings. The van der Waals surface area contributed by atoms with Gasteiger partial charge in [-0.15, -0.1) is 24.0 Å². The Bertz CT molecular complexity index is 687. The first-order valence-corrected chi connectivity index (χ1v) is 8.26. The van der Waals surface area contributed by atoms with E-state index < -0.39 is 0 Å². The summed E-state index contributed by atoms with van der Waals surface area (Å²) in [5.41, 5.74) is 1.89. The van der Waals surface area contributed by atoms with Gasteiger partial charge in [-0.2, -0.15) is 0 Å². The van der Waals surface area contributed by atoms with Gasteiger partial charge >= 0.3 is 0 Å². The van der Waals surface area contributed by atoms with E-state index in [1.165, 1.54) is 11.8 Å². The maximum atomic E-state index is 13.6. The highest BCUT2D eigenvalue weighted by Crippen LogP contribution is 2.15. The second-order valence-electron chi connectivity index (χ2n) is 5.43. The summed E-state index contributed by atoms with van der Waals surface area (Å²) >= 11 is 3.48. The molecular formula is C17H23BrFIN4. The summed E-state index contributed by atoms with van der Waals surface area (Å²) in [4.78, 5) is 6.34. The quantitative estimate of drug-likeness (QED) is 0.378. The smallest absolute Gasteiger partial charge is 0.193 e. The van der Waals surface area contributed by atoms with E-state index in [0.29, 0.717) is 18.5 Å². The van der Waals surface area contributed by atoms with E-state index in [1.807, 2.05) is 37.3 Å². The number of guanidine groups is 1. The van der Waals surface area contributed by atoms with Gasteiger partial charge in [0.15, 0.2) is 5.96 Å². The van der Waals surface area contributed by atoms with Gasteiger partial charge in [-0.1, -0.05) is 18.2 Å². The topological polar surface area (TPSA) is 32.6 Å². The Morgan fingerprint density at radius 2 is 2.08 bits per heavy atom. The molecule has 1 N–H and O–H groups in total. The molecule has 24 heavy (non-hydrogen) atoms. The van der Waals surface area contributed by atoms with E-state index in [-0.39, 0.29) is 29.8 Å². The first-order chi connectivity index (χ1) is 11.0. The van der Waals surface area contributed by atoms with Gasteiger partial charge < -0.3 is 14.8 Å². The normalized spacial score (nSPS) is 11.1. The number of halogens is 3.